The van der Waals surface area contributed by atoms with Crippen LogP contribution in [-0.4, -0.2) is 8.75 Å². The van der Waals surface area contributed by atoms with Crippen LogP contribution in [0.2, 0.25) is 0 Å². The summed E-state index contributed by atoms with van der Waals surface area (Å²) in [5, 5.41) is 0. The van der Waals surface area contributed by atoms with Gasteiger partial charge < -0.3 is 19.6 Å². The fourth-order valence-corrected chi connectivity index (χ4v) is 9.00. The molecule has 7 heteroatoms. The van der Waals surface area contributed by atoms with Crippen LogP contribution in [0.15, 0.2) is 231 Å². The van der Waals surface area contributed by atoms with Crippen LogP contribution in [0, 0.1) is 13.8 Å². The van der Waals surface area contributed by atoms with Crippen molar-refractivity contribution in [2.45, 2.75) is 13.8 Å². The number of aryl methyl sites for hydroxylation is 2. The van der Waals surface area contributed by atoms with Gasteiger partial charge in [0.25, 0.3) is 0 Å². The molecule has 9 aromatic carbocycles. The lowest BCUT2D eigenvalue weighted by atomic mass is 10.1. The molecule has 0 saturated heterocycles. The van der Waals surface area contributed by atoms with Crippen molar-refractivity contribution in [1.29, 1.82) is 0 Å². The third-order valence-corrected chi connectivity index (χ3v) is 11.8. The second-order valence-corrected chi connectivity index (χ2v) is 15.9. The average Bonchev–Trinajstić information content (AvgIpc) is 3.84. The first-order valence-electron chi connectivity index (χ1n) is 21.1. The number of benzene rings is 9. The van der Waals surface area contributed by atoms with Crippen LogP contribution < -0.4 is 19.6 Å². The molecule has 0 aliphatic rings. The maximum Gasteiger partial charge on any atom is 0.130 e. The summed E-state index contributed by atoms with van der Waals surface area (Å²) in [4.78, 5) is 9.23. The van der Waals surface area contributed by atoms with Gasteiger partial charge in [-0.1, -0.05) is 109 Å². The van der Waals surface area contributed by atoms with Crippen molar-refractivity contribution in [1.82, 2.24) is 8.75 Å². The molecule has 0 radical (unpaired) electrons. The maximum atomic E-state index is 5.05. The molecule has 0 bridgehead atoms. The fourth-order valence-electron chi connectivity index (χ4n) is 8.43. The summed E-state index contributed by atoms with van der Waals surface area (Å²) >= 11 is 1.24. The van der Waals surface area contributed by atoms with Gasteiger partial charge in [0.2, 0.25) is 0 Å². The highest BCUT2D eigenvalue weighted by atomic mass is 32.1. The molecule has 10 aromatic rings. The first-order chi connectivity index (χ1) is 31.1. The SMILES string of the molecule is Cc1cc(N(c2ccccc2)c2ccccc2)ccc1N(c1ccccc1)c1ccc(N(c2ccccc2)c2ccc(N(c3ccccc3)c3ccccc3)cc2C)c2nsnc12. The van der Waals surface area contributed by atoms with Crippen LogP contribution in [0.3, 0.4) is 0 Å². The molecule has 0 atom stereocenters. The Morgan fingerprint density at radius 1 is 0.270 bits per heavy atom. The quantitative estimate of drug-likeness (QED) is 0.122. The molecule has 304 valence electrons. The van der Waals surface area contributed by atoms with Gasteiger partial charge in [0.1, 0.15) is 11.0 Å². The number of hydrogen-bond acceptors (Lipinski definition) is 7. The van der Waals surface area contributed by atoms with Crippen molar-refractivity contribution in [2.75, 3.05) is 19.6 Å². The second kappa shape index (κ2) is 17.5. The average molecular weight is 833 g/mol. The van der Waals surface area contributed by atoms with E-state index in [1.807, 2.05) is 0 Å². The van der Waals surface area contributed by atoms with E-state index in [0.29, 0.717) is 0 Å². The number of nitrogens with zero attached hydrogens (tertiary/aromatic N) is 6. The third kappa shape index (κ3) is 7.78. The summed E-state index contributed by atoms with van der Waals surface area (Å²) in [5.74, 6) is 0. The molecular formula is C56H44N6S. The molecule has 63 heavy (non-hydrogen) atoms. The van der Waals surface area contributed by atoms with Crippen molar-refractivity contribution in [3.63, 3.8) is 0 Å². The van der Waals surface area contributed by atoms with Crippen molar-refractivity contribution in [3.8, 4) is 0 Å². The van der Waals surface area contributed by atoms with E-state index in [1.54, 1.807) is 0 Å². The standard InChI is InChI=1S/C56H44N6S/c1-41-39-49(59(43-21-9-3-10-22-43)44-23-11-4-12-24-44)33-35-51(41)61(47-29-17-7-18-30-47)53-37-38-54(56-55(53)57-63-58-56)62(48-31-19-8-20-32-48)52-36-34-50(40-42(52)2)60(45-25-13-5-14-26-45)46-27-15-6-16-28-46/h3-40H,1-2H3. The summed E-state index contributed by atoms with van der Waals surface area (Å²) in [6.45, 7) is 4.38. The Balaban J connectivity index is 1.09. The summed E-state index contributed by atoms with van der Waals surface area (Å²) in [7, 11) is 0. The molecule has 10 rings (SSSR count). The van der Waals surface area contributed by atoms with Crippen LogP contribution in [0.5, 0.6) is 0 Å². The van der Waals surface area contributed by atoms with Gasteiger partial charge >= 0.3 is 0 Å². The number of hydrogen-bond donors (Lipinski definition) is 0. The molecule has 0 unspecified atom stereocenters. The monoisotopic (exact) mass is 832 g/mol. The molecule has 0 saturated carbocycles. The Labute approximate surface area is 373 Å². The Bertz CT molecular complexity index is 2800. The molecule has 1 aromatic heterocycles. The molecule has 6 nitrogen and oxygen atoms in total. The lowest BCUT2D eigenvalue weighted by molar-refractivity contribution is 1.22. The van der Waals surface area contributed by atoms with Crippen LogP contribution in [0.4, 0.5) is 68.2 Å². The Kier molecular flexibility index (Phi) is 10.9. The Hall–Kier alpha value is -8.00. The summed E-state index contributed by atoms with van der Waals surface area (Å²) in [6, 6.07) is 81.0. The van der Waals surface area contributed by atoms with Gasteiger partial charge in [0.05, 0.1) is 23.1 Å². The molecule has 0 spiro atoms. The highest BCUT2D eigenvalue weighted by molar-refractivity contribution is 7.00. The number of para-hydroxylation sites is 6. The van der Waals surface area contributed by atoms with Crippen LogP contribution >= 0.6 is 11.7 Å². The van der Waals surface area contributed by atoms with Gasteiger partial charge in [-0.25, -0.2) is 0 Å². The van der Waals surface area contributed by atoms with E-state index >= 15 is 0 Å². The summed E-state index contributed by atoms with van der Waals surface area (Å²) < 4.78 is 10.1. The zero-order chi connectivity index (χ0) is 42.5. The van der Waals surface area contributed by atoms with Gasteiger partial charge in [-0.3, -0.25) is 0 Å². The van der Waals surface area contributed by atoms with Gasteiger partial charge in [-0.2, -0.15) is 8.75 Å². The number of rotatable bonds is 12. The number of fused-ring (bicyclic) bond motifs is 1. The zero-order valence-electron chi connectivity index (χ0n) is 35.0. The largest absolute Gasteiger partial charge is 0.310 e. The molecule has 0 amide bonds. The van der Waals surface area contributed by atoms with Gasteiger partial charge in [-0.15, -0.1) is 0 Å². The topological polar surface area (TPSA) is 38.7 Å². The van der Waals surface area contributed by atoms with E-state index in [-0.39, 0.29) is 0 Å². The minimum absolute atomic E-state index is 0.828. The number of aromatic nitrogens is 2. The number of anilines is 12. The molecule has 0 fully saturated rings. The van der Waals surface area contributed by atoms with E-state index in [0.717, 1.165) is 90.4 Å². The van der Waals surface area contributed by atoms with E-state index in [2.05, 4.69) is 264 Å². The Morgan fingerprint density at radius 3 is 0.794 bits per heavy atom. The van der Waals surface area contributed by atoms with Gasteiger partial charge in [-0.05, 0) is 146 Å². The molecule has 0 aliphatic carbocycles. The fraction of sp³-hybridized carbons (Fsp3) is 0.0357. The summed E-state index contributed by atoms with van der Waals surface area (Å²) in [6.07, 6.45) is 0. The smallest absolute Gasteiger partial charge is 0.130 e. The minimum atomic E-state index is 0.828. The van der Waals surface area contributed by atoms with Gasteiger partial charge in [0, 0.05) is 56.9 Å². The highest BCUT2D eigenvalue weighted by Crippen LogP contribution is 2.47. The van der Waals surface area contributed by atoms with Gasteiger partial charge in [0.15, 0.2) is 0 Å². The van der Waals surface area contributed by atoms with Crippen LogP contribution in [0.25, 0.3) is 11.0 Å². The second-order valence-electron chi connectivity index (χ2n) is 15.4. The molecule has 0 aliphatic heterocycles. The van der Waals surface area contributed by atoms with E-state index < -0.39 is 0 Å². The van der Waals surface area contributed by atoms with E-state index in [4.69, 9.17) is 8.75 Å². The Morgan fingerprint density at radius 2 is 0.524 bits per heavy atom. The van der Waals surface area contributed by atoms with Crippen molar-refractivity contribution >= 4 is 91.0 Å². The van der Waals surface area contributed by atoms with Crippen LogP contribution in [0.1, 0.15) is 11.1 Å². The van der Waals surface area contributed by atoms with Crippen molar-refractivity contribution < 1.29 is 0 Å². The highest BCUT2D eigenvalue weighted by Gasteiger charge is 2.26. The summed E-state index contributed by atoms with van der Waals surface area (Å²) in [5.41, 5.74) is 16.5. The first-order valence-corrected chi connectivity index (χ1v) is 21.8. The zero-order valence-corrected chi connectivity index (χ0v) is 35.8. The maximum absolute atomic E-state index is 5.05. The minimum Gasteiger partial charge on any atom is -0.310 e. The predicted octanol–water partition coefficient (Wildman–Crippen LogP) is 16.2. The molecule has 0 N–H and O–H groups in total. The third-order valence-electron chi connectivity index (χ3n) is 11.3. The first kappa shape index (κ1) is 39.2. The predicted molar refractivity (Wildman–Crippen MR) is 266 cm³/mol. The van der Waals surface area contributed by atoms with Crippen molar-refractivity contribution in [3.05, 3.63) is 242 Å². The van der Waals surface area contributed by atoms with E-state index in [9.17, 15) is 0 Å². The normalized spacial score (nSPS) is 11.0. The van der Waals surface area contributed by atoms with E-state index in [1.165, 1.54) is 11.7 Å². The molecule has 1 heterocycles. The lowest BCUT2D eigenvalue weighted by Crippen LogP contribution is -2.16. The molecular weight excluding hydrogens is 789 g/mol. The lowest BCUT2D eigenvalue weighted by Gasteiger charge is -2.31. The van der Waals surface area contributed by atoms with Crippen molar-refractivity contribution in [2.24, 2.45) is 0 Å². The van der Waals surface area contributed by atoms with Crippen LogP contribution in [-0.2, 0) is 0 Å².